The number of sulfonamides is 1. The number of carbonyl (C=O) groups is 1. The predicted molar refractivity (Wildman–Crippen MR) is 151 cm³/mol. The normalized spacial score (nSPS) is 17.1. The molecule has 204 valence electrons. The number of nitrogens with one attached hydrogen (secondary N) is 4. The van der Waals surface area contributed by atoms with Gasteiger partial charge in [-0.2, -0.15) is 4.98 Å². The summed E-state index contributed by atoms with van der Waals surface area (Å²) in [4.78, 5) is 22.4. The monoisotopic (exact) mass is 558 g/mol. The van der Waals surface area contributed by atoms with E-state index in [0.29, 0.717) is 36.1 Å². The van der Waals surface area contributed by atoms with Gasteiger partial charge >= 0.3 is 0 Å². The van der Waals surface area contributed by atoms with Gasteiger partial charge in [0.2, 0.25) is 21.9 Å². The molecular weight excluding hydrogens is 531 g/mol. The van der Waals surface area contributed by atoms with Gasteiger partial charge < -0.3 is 16.0 Å². The molecule has 4 N–H and O–H groups in total. The summed E-state index contributed by atoms with van der Waals surface area (Å²) in [5.41, 5.74) is 3.02. The van der Waals surface area contributed by atoms with E-state index in [1.165, 1.54) is 12.1 Å². The summed E-state index contributed by atoms with van der Waals surface area (Å²) in [6, 6.07) is 20.0. The van der Waals surface area contributed by atoms with E-state index in [1.807, 2.05) is 24.3 Å². The van der Waals surface area contributed by atoms with Gasteiger partial charge in [0.15, 0.2) is 0 Å². The molecule has 2 aliphatic rings. The van der Waals surface area contributed by atoms with Gasteiger partial charge in [0.1, 0.15) is 11.6 Å². The van der Waals surface area contributed by atoms with E-state index in [-0.39, 0.29) is 23.2 Å². The number of hydrogen-bond donors (Lipinski definition) is 4. The Morgan fingerprint density at radius 1 is 0.975 bits per heavy atom. The minimum atomic E-state index is -3.63. The van der Waals surface area contributed by atoms with Gasteiger partial charge in [-0.1, -0.05) is 30.3 Å². The highest BCUT2D eigenvalue weighted by atomic mass is 32.2. The summed E-state index contributed by atoms with van der Waals surface area (Å²) in [7, 11) is -3.63. The first kappa shape index (κ1) is 25.9. The number of fused-ring (bicyclic) bond motifs is 4. The molecule has 4 bridgehead atoms. The first-order valence-electron chi connectivity index (χ1n) is 13.0. The van der Waals surface area contributed by atoms with Crippen molar-refractivity contribution >= 4 is 39.1 Å². The smallest absolute Gasteiger partial charge is 0.240 e. The Kier molecular flexibility index (Phi) is 6.68. The Balaban J connectivity index is 1.22. The minimum absolute atomic E-state index is 0.106. The van der Waals surface area contributed by atoms with E-state index >= 15 is 0 Å². The molecule has 0 atom stereocenters. The lowest BCUT2D eigenvalue weighted by molar-refractivity contribution is -0.118. The first-order chi connectivity index (χ1) is 19.3. The molecule has 11 heteroatoms. The van der Waals surface area contributed by atoms with Gasteiger partial charge in [0.05, 0.1) is 10.3 Å². The number of benzene rings is 3. The Hall–Kier alpha value is -4.35. The zero-order chi connectivity index (χ0) is 27.7. The highest BCUT2D eigenvalue weighted by Gasteiger charge is 2.51. The van der Waals surface area contributed by atoms with Crippen molar-refractivity contribution in [3.8, 4) is 11.1 Å². The maximum absolute atomic E-state index is 13.4. The zero-order valence-electron chi connectivity index (χ0n) is 21.4. The molecule has 0 radical (unpaired) electrons. The predicted octanol–water partition coefficient (Wildman–Crippen LogP) is 4.79. The van der Waals surface area contributed by atoms with Crippen molar-refractivity contribution in [2.45, 2.75) is 29.6 Å². The summed E-state index contributed by atoms with van der Waals surface area (Å²) in [5, 5.41) is 9.38. The van der Waals surface area contributed by atoms with Crippen molar-refractivity contribution in [2.24, 2.45) is 0 Å². The van der Waals surface area contributed by atoms with Crippen LogP contribution in [0.1, 0.15) is 24.8 Å². The third kappa shape index (κ3) is 5.25. The quantitative estimate of drug-likeness (QED) is 0.284. The zero-order valence-corrected chi connectivity index (χ0v) is 22.3. The number of aromatic nitrogens is 2. The van der Waals surface area contributed by atoms with Crippen LogP contribution in [-0.4, -0.2) is 37.4 Å². The van der Waals surface area contributed by atoms with Gasteiger partial charge in [-0.3, -0.25) is 4.79 Å². The van der Waals surface area contributed by atoms with Crippen LogP contribution in [0.2, 0.25) is 0 Å². The molecule has 3 aromatic carbocycles. The fourth-order valence-corrected chi connectivity index (χ4v) is 5.89. The number of hydrogen-bond acceptors (Lipinski definition) is 7. The highest BCUT2D eigenvalue weighted by molar-refractivity contribution is 7.89. The molecule has 1 aliphatic carbocycles. The molecule has 4 aromatic rings. The van der Waals surface area contributed by atoms with Crippen molar-refractivity contribution in [3.05, 3.63) is 90.4 Å². The lowest BCUT2D eigenvalue weighted by Gasteiger charge is -2.16. The number of amides is 1. The summed E-state index contributed by atoms with van der Waals surface area (Å²) < 4.78 is 41.2. The van der Waals surface area contributed by atoms with Crippen molar-refractivity contribution in [1.29, 1.82) is 0 Å². The Morgan fingerprint density at radius 3 is 2.50 bits per heavy atom. The number of halogens is 1. The van der Waals surface area contributed by atoms with Crippen LogP contribution in [0.4, 0.5) is 27.5 Å². The van der Waals surface area contributed by atoms with Crippen molar-refractivity contribution < 1.29 is 17.6 Å². The van der Waals surface area contributed by atoms with Crippen LogP contribution < -0.4 is 20.7 Å². The summed E-state index contributed by atoms with van der Waals surface area (Å²) >= 11 is 0. The maximum Gasteiger partial charge on any atom is 0.240 e. The van der Waals surface area contributed by atoms with E-state index in [4.69, 9.17) is 0 Å². The number of rotatable bonds is 4. The van der Waals surface area contributed by atoms with E-state index in [9.17, 15) is 17.6 Å². The average molecular weight is 559 g/mol. The lowest BCUT2D eigenvalue weighted by atomic mass is 9.95. The second kappa shape index (κ2) is 10.3. The second-order valence-corrected chi connectivity index (χ2v) is 11.7. The molecule has 40 heavy (non-hydrogen) atoms. The van der Waals surface area contributed by atoms with E-state index < -0.39 is 15.4 Å². The largest absolute Gasteiger partial charge is 0.369 e. The first-order valence-corrected chi connectivity index (χ1v) is 14.5. The van der Waals surface area contributed by atoms with Crippen molar-refractivity contribution in [3.63, 3.8) is 0 Å². The Morgan fingerprint density at radius 2 is 1.75 bits per heavy atom. The number of anilines is 4. The molecular formula is C29H27FN6O3S. The Labute approximate surface area is 231 Å². The van der Waals surface area contributed by atoms with Gasteiger partial charge in [-0.25, -0.2) is 22.5 Å². The van der Waals surface area contributed by atoms with Gasteiger partial charge in [-0.15, -0.1) is 0 Å². The molecule has 1 amide bonds. The summed E-state index contributed by atoms with van der Waals surface area (Å²) in [5.74, 6) is 0.493. The van der Waals surface area contributed by atoms with Crippen molar-refractivity contribution in [1.82, 2.24) is 14.7 Å². The molecule has 1 aliphatic heterocycles. The van der Waals surface area contributed by atoms with Crippen LogP contribution in [0.3, 0.4) is 0 Å². The summed E-state index contributed by atoms with van der Waals surface area (Å²) in [6.07, 6.45) is 3.70. The van der Waals surface area contributed by atoms with Gasteiger partial charge in [0, 0.05) is 36.2 Å². The molecule has 1 saturated carbocycles. The molecule has 9 nitrogen and oxygen atoms in total. The van der Waals surface area contributed by atoms with Crippen LogP contribution in [-0.2, 0) is 20.2 Å². The van der Waals surface area contributed by atoms with Gasteiger partial charge in [0.25, 0.3) is 0 Å². The van der Waals surface area contributed by atoms with Crippen LogP contribution in [0.25, 0.3) is 11.1 Å². The molecule has 6 rings (SSSR count). The van der Waals surface area contributed by atoms with Crippen LogP contribution in [0.15, 0.2) is 83.9 Å². The van der Waals surface area contributed by atoms with E-state index in [2.05, 4.69) is 30.6 Å². The number of nitrogens with zero attached hydrogens (tertiary/aromatic N) is 2. The van der Waals surface area contributed by atoms with Gasteiger partial charge in [-0.05, 0) is 72.9 Å². The van der Waals surface area contributed by atoms with Crippen LogP contribution >= 0.6 is 0 Å². The van der Waals surface area contributed by atoms with Crippen LogP contribution in [0.5, 0.6) is 0 Å². The van der Waals surface area contributed by atoms with E-state index in [0.717, 1.165) is 29.5 Å². The second-order valence-electron chi connectivity index (χ2n) is 9.91. The molecule has 0 saturated heterocycles. The molecule has 1 fully saturated rings. The fourth-order valence-electron chi connectivity index (χ4n) is 4.77. The molecule has 2 heterocycles. The minimum Gasteiger partial charge on any atom is -0.369 e. The third-order valence-electron chi connectivity index (χ3n) is 7.16. The topological polar surface area (TPSA) is 125 Å². The average Bonchev–Trinajstić information content (AvgIpc) is 3.76. The molecule has 1 aromatic heterocycles. The Bertz CT molecular complexity index is 1670. The number of carbonyl (C=O) groups excluding carboxylic acids is 1. The standard InChI is InChI=1S/C29H27FN6O3S/c30-21-9-7-20(8-10-21)29(13-14-29)27(37)34-22-11-5-19(6-12-22)25-18-32-28-35-23-3-1-4-24(17-23)40(38,39)33-16-2-15-31-26(25)36-28/h1,3-12,17-18,33H,2,13-16H2,(H,34,37)(H2,31,32,35,36). The highest BCUT2D eigenvalue weighted by Crippen LogP contribution is 2.49. The SMILES string of the molecule is O=C(Nc1ccc(-c2cnc3nc2NCCCNS(=O)(=O)c2cccc(c2)N3)cc1)C1(c2ccc(F)cc2)CC1. The van der Waals surface area contributed by atoms with Crippen molar-refractivity contribution in [2.75, 3.05) is 29.0 Å². The molecule has 0 unspecified atom stereocenters. The maximum atomic E-state index is 13.4. The fraction of sp³-hybridized carbons (Fsp3) is 0.207. The third-order valence-corrected chi connectivity index (χ3v) is 8.62. The van der Waals surface area contributed by atoms with E-state index in [1.54, 1.807) is 42.6 Å². The molecule has 0 spiro atoms. The lowest BCUT2D eigenvalue weighted by Crippen LogP contribution is -2.27. The van der Waals surface area contributed by atoms with Crippen LogP contribution in [0, 0.1) is 5.82 Å². The summed E-state index contributed by atoms with van der Waals surface area (Å²) in [6.45, 7) is 0.761.